The molecule has 1 N–H and O–H groups in total. The molecule has 0 aliphatic heterocycles. The van der Waals surface area contributed by atoms with Crippen LogP contribution in [0.25, 0.3) is 22.6 Å². The Labute approximate surface area is 136 Å². The van der Waals surface area contributed by atoms with Crippen LogP contribution in [0.15, 0.2) is 47.3 Å². The predicted octanol–water partition coefficient (Wildman–Crippen LogP) is 4.40. The Hall–Kier alpha value is -2.58. The minimum Gasteiger partial charge on any atom is -0.496 e. The lowest BCUT2D eigenvalue weighted by atomic mass is 10.0. The summed E-state index contributed by atoms with van der Waals surface area (Å²) in [6, 6.07) is 9.96. The van der Waals surface area contributed by atoms with Gasteiger partial charge in [-0.1, -0.05) is 15.9 Å². The standard InChI is InChI=1S/C17H12BrN3O/c1-22-17-4-5-20-9-12(17)6-11(8-19)15-10-21-16-3-2-13(18)7-14(15)16/h2-7,9-10,21H,1H3. The van der Waals surface area contributed by atoms with Gasteiger partial charge < -0.3 is 9.72 Å². The number of nitrogens with zero attached hydrogens (tertiary/aromatic N) is 2. The number of halogens is 1. The van der Waals surface area contributed by atoms with E-state index in [0.717, 1.165) is 26.5 Å². The highest BCUT2D eigenvalue weighted by Gasteiger charge is 2.10. The number of nitriles is 1. The fraction of sp³-hybridized carbons (Fsp3) is 0.0588. The Bertz CT molecular complexity index is 906. The Morgan fingerprint density at radius 2 is 2.27 bits per heavy atom. The first-order valence-corrected chi connectivity index (χ1v) is 7.39. The van der Waals surface area contributed by atoms with Crippen molar-refractivity contribution in [2.75, 3.05) is 7.11 Å². The summed E-state index contributed by atoms with van der Waals surface area (Å²) in [5, 5.41) is 10.5. The normalized spacial score (nSPS) is 11.4. The summed E-state index contributed by atoms with van der Waals surface area (Å²) in [6.07, 6.45) is 6.97. The lowest BCUT2D eigenvalue weighted by Gasteiger charge is -2.04. The third-order valence-corrected chi connectivity index (χ3v) is 3.88. The summed E-state index contributed by atoms with van der Waals surface area (Å²) in [5.74, 6) is 0.684. The molecule has 3 rings (SSSR count). The summed E-state index contributed by atoms with van der Waals surface area (Å²) in [5.41, 5.74) is 3.16. The first kappa shape index (κ1) is 14.4. The number of pyridine rings is 1. The summed E-state index contributed by atoms with van der Waals surface area (Å²) in [6.45, 7) is 0. The van der Waals surface area contributed by atoms with E-state index in [9.17, 15) is 5.26 Å². The first-order valence-electron chi connectivity index (χ1n) is 6.59. The van der Waals surface area contributed by atoms with Crippen molar-refractivity contribution in [1.29, 1.82) is 5.26 Å². The molecular formula is C17H12BrN3O. The van der Waals surface area contributed by atoms with Gasteiger partial charge in [0.25, 0.3) is 0 Å². The van der Waals surface area contributed by atoms with Gasteiger partial charge in [0.15, 0.2) is 0 Å². The van der Waals surface area contributed by atoms with E-state index in [1.807, 2.05) is 24.4 Å². The monoisotopic (exact) mass is 353 g/mol. The second kappa shape index (κ2) is 6.04. The number of hydrogen-bond donors (Lipinski definition) is 1. The largest absolute Gasteiger partial charge is 0.496 e. The molecule has 2 heterocycles. The Morgan fingerprint density at radius 3 is 3.05 bits per heavy atom. The molecule has 0 unspecified atom stereocenters. The van der Waals surface area contributed by atoms with Crippen molar-refractivity contribution in [2.45, 2.75) is 0 Å². The summed E-state index contributed by atoms with van der Waals surface area (Å²) in [4.78, 5) is 7.27. The quantitative estimate of drug-likeness (QED) is 0.709. The average Bonchev–Trinajstić information content (AvgIpc) is 2.95. The van der Waals surface area contributed by atoms with Gasteiger partial charge in [-0.05, 0) is 30.3 Å². The van der Waals surface area contributed by atoms with Gasteiger partial charge in [0.1, 0.15) is 5.75 Å². The summed E-state index contributed by atoms with van der Waals surface area (Å²) < 4.78 is 6.27. The third-order valence-electron chi connectivity index (χ3n) is 3.38. The minimum absolute atomic E-state index is 0.552. The molecule has 0 bridgehead atoms. The second-order valence-corrected chi connectivity index (χ2v) is 5.60. The van der Waals surface area contributed by atoms with Gasteiger partial charge in [0, 0.05) is 45.1 Å². The molecular weight excluding hydrogens is 342 g/mol. The van der Waals surface area contributed by atoms with Crippen molar-refractivity contribution < 1.29 is 4.74 Å². The van der Waals surface area contributed by atoms with E-state index in [4.69, 9.17) is 4.74 Å². The zero-order chi connectivity index (χ0) is 15.5. The van der Waals surface area contributed by atoms with Crippen LogP contribution in [0.4, 0.5) is 0 Å². The van der Waals surface area contributed by atoms with E-state index in [0.29, 0.717) is 11.3 Å². The summed E-state index contributed by atoms with van der Waals surface area (Å²) in [7, 11) is 1.60. The van der Waals surface area contributed by atoms with Gasteiger partial charge in [-0.15, -0.1) is 0 Å². The minimum atomic E-state index is 0.552. The van der Waals surface area contributed by atoms with Crippen molar-refractivity contribution >= 4 is 38.5 Å². The van der Waals surface area contributed by atoms with Crippen molar-refractivity contribution in [2.24, 2.45) is 0 Å². The maximum absolute atomic E-state index is 9.55. The third kappa shape index (κ3) is 2.61. The number of aromatic nitrogens is 2. The number of allylic oxidation sites excluding steroid dienone is 1. The molecule has 0 saturated heterocycles. The molecule has 0 amide bonds. The highest BCUT2D eigenvalue weighted by Crippen LogP contribution is 2.30. The maximum Gasteiger partial charge on any atom is 0.129 e. The van der Waals surface area contributed by atoms with Gasteiger partial charge in [0.05, 0.1) is 18.8 Å². The van der Waals surface area contributed by atoms with Gasteiger partial charge in [-0.25, -0.2) is 0 Å². The molecule has 1 aromatic carbocycles. The number of ether oxygens (including phenoxy) is 1. The van der Waals surface area contributed by atoms with Crippen LogP contribution < -0.4 is 4.74 Å². The van der Waals surface area contributed by atoms with E-state index in [1.54, 1.807) is 31.6 Å². The lowest BCUT2D eigenvalue weighted by Crippen LogP contribution is -1.89. The molecule has 0 spiro atoms. The fourth-order valence-electron chi connectivity index (χ4n) is 2.33. The molecule has 0 aliphatic carbocycles. The molecule has 2 aromatic heterocycles. The summed E-state index contributed by atoms with van der Waals surface area (Å²) >= 11 is 3.47. The number of H-pyrrole nitrogens is 1. The molecule has 3 aromatic rings. The number of methoxy groups -OCH3 is 1. The van der Waals surface area contributed by atoms with E-state index in [1.165, 1.54) is 0 Å². The molecule has 0 aliphatic rings. The molecule has 0 fully saturated rings. The van der Waals surface area contributed by atoms with Crippen molar-refractivity contribution in [3.8, 4) is 11.8 Å². The van der Waals surface area contributed by atoms with Gasteiger partial charge in [-0.2, -0.15) is 5.26 Å². The number of benzene rings is 1. The topological polar surface area (TPSA) is 61.7 Å². The van der Waals surface area contributed by atoms with Crippen LogP contribution in [0.3, 0.4) is 0 Å². The zero-order valence-corrected chi connectivity index (χ0v) is 13.4. The number of aromatic amines is 1. The molecule has 0 atom stereocenters. The zero-order valence-electron chi connectivity index (χ0n) is 11.8. The van der Waals surface area contributed by atoms with Crippen LogP contribution in [0.2, 0.25) is 0 Å². The second-order valence-electron chi connectivity index (χ2n) is 4.68. The van der Waals surface area contributed by atoms with E-state index < -0.39 is 0 Å². The van der Waals surface area contributed by atoms with Crippen molar-refractivity contribution in [3.05, 3.63) is 58.5 Å². The van der Waals surface area contributed by atoms with E-state index in [-0.39, 0.29) is 0 Å². The number of nitrogens with one attached hydrogen (secondary N) is 1. The highest BCUT2D eigenvalue weighted by molar-refractivity contribution is 9.10. The molecule has 0 radical (unpaired) electrons. The predicted molar refractivity (Wildman–Crippen MR) is 90.3 cm³/mol. The average molecular weight is 354 g/mol. The molecule has 4 nitrogen and oxygen atoms in total. The van der Waals surface area contributed by atoms with Crippen LogP contribution in [0.5, 0.6) is 5.75 Å². The number of rotatable bonds is 3. The molecule has 5 heteroatoms. The van der Waals surface area contributed by atoms with Crippen molar-refractivity contribution in [3.63, 3.8) is 0 Å². The fourth-order valence-corrected chi connectivity index (χ4v) is 2.69. The van der Waals surface area contributed by atoms with Gasteiger partial charge in [0.2, 0.25) is 0 Å². The molecule has 108 valence electrons. The Balaban J connectivity index is 2.16. The smallest absolute Gasteiger partial charge is 0.129 e. The van der Waals surface area contributed by atoms with Crippen LogP contribution in [-0.2, 0) is 0 Å². The molecule has 0 saturated carbocycles. The Kier molecular flexibility index (Phi) is 3.94. The highest BCUT2D eigenvalue weighted by atomic mass is 79.9. The van der Waals surface area contributed by atoms with E-state index >= 15 is 0 Å². The van der Waals surface area contributed by atoms with Gasteiger partial charge >= 0.3 is 0 Å². The van der Waals surface area contributed by atoms with Crippen LogP contribution in [0.1, 0.15) is 11.1 Å². The maximum atomic E-state index is 9.55. The van der Waals surface area contributed by atoms with Crippen LogP contribution in [0, 0.1) is 11.3 Å². The number of fused-ring (bicyclic) bond motifs is 1. The van der Waals surface area contributed by atoms with Crippen LogP contribution >= 0.6 is 15.9 Å². The first-order chi connectivity index (χ1) is 10.7. The van der Waals surface area contributed by atoms with Crippen LogP contribution in [-0.4, -0.2) is 17.1 Å². The number of hydrogen-bond acceptors (Lipinski definition) is 3. The Morgan fingerprint density at radius 1 is 1.41 bits per heavy atom. The van der Waals surface area contributed by atoms with Crippen molar-refractivity contribution in [1.82, 2.24) is 9.97 Å². The molecule has 22 heavy (non-hydrogen) atoms. The van der Waals surface area contributed by atoms with Gasteiger partial charge in [-0.3, -0.25) is 4.98 Å². The van der Waals surface area contributed by atoms with E-state index in [2.05, 4.69) is 32.0 Å². The SMILES string of the molecule is COc1ccncc1C=C(C#N)c1c[nH]c2ccc(Br)cc12. The lowest BCUT2D eigenvalue weighted by molar-refractivity contribution is 0.413.